The van der Waals surface area contributed by atoms with Gasteiger partial charge in [0.25, 0.3) is 10.0 Å². The van der Waals surface area contributed by atoms with Crippen LogP contribution in [0.1, 0.15) is 60.5 Å². The summed E-state index contributed by atoms with van der Waals surface area (Å²) in [5.74, 6) is -0.954. The zero-order valence-electron chi connectivity index (χ0n) is 21.7. The molecule has 0 bridgehead atoms. The summed E-state index contributed by atoms with van der Waals surface area (Å²) in [4.78, 5) is 15.8. The number of hydrogen-bond donors (Lipinski definition) is 1. The van der Waals surface area contributed by atoms with Gasteiger partial charge in [0.1, 0.15) is 4.90 Å². The van der Waals surface area contributed by atoms with E-state index in [0.29, 0.717) is 30.6 Å². The van der Waals surface area contributed by atoms with Crippen molar-refractivity contribution >= 4 is 32.6 Å². The number of unbranched alkanes of at least 4 members (excludes halogenated alkanes) is 4. The first kappa shape index (κ1) is 27.3. The SMILES string of the molecule is CCCCCCCN(c1ccccc1CCc1ccc(C(=O)O)cc1)S(=O)(=O)c1cccc2cccnc12. The van der Waals surface area contributed by atoms with Crippen molar-refractivity contribution < 1.29 is 18.3 Å². The van der Waals surface area contributed by atoms with Gasteiger partial charge in [-0.2, -0.15) is 0 Å². The van der Waals surface area contributed by atoms with Crippen LogP contribution >= 0.6 is 0 Å². The van der Waals surface area contributed by atoms with E-state index in [4.69, 9.17) is 5.11 Å². The molecule has 1 N–H and O–H groups in total. The molecule has 0 fully saturated rings. The Morgan fingerprint density at radius 2 is 1.58 bits per heavy atom. The molecule has 1 aromatic heterocycles. The van der Waals surface area contributed by atoms with Crippen molar-refractivity contribution in [2.75, 3.05) is 10.8 Å². The van der Waals surface area contributed by atoms with Crippen LogP contribution in [0.4, 0.5) is 5.69 Å². The van der Waals surface area contributed by atoms with Gasteiger partial charge in [0, 0.05) is 18.1 Å². The first-order valence-electron chi connectivity index (χ1n) is 13.2. The molecule has 0 aliphatic heterocycles. The molecule has 0 saturated carbocycles. The molecule has 0 saturated heterocycles. The number of fused-ring (bicyclic) bond motifs is 1. The van der Waals surface area contributed by atoms with Crippen molar-refractivity contribution in [2.45, 2.75) is 56.8 Å². The number of benzene rings is 3. The Balaban J connectivity index is 1.67. The molecule has 1 heterocycles. The van der Waals surface area contributed by atoms with Crippen LogP contribution in [0.3, 0.4) is 0 Å². The fourth-order valence-electron chi connectivity index (χ4n) is 4.69. The van der Waals surface area contributed by atoms with Crippen molar-refractivity contribution in [3.8, 4) is 0 Å². The second-order valence-corrected chi connectivity index (χ2v) is 11.3. The lowest BCUT2D eigenvalue weighted by atomic mass is 10.0. The topological polar surface area (TPSA) is 87.6 Å². The van der Waals surface area contributed by atoms with Gasteiger partial charge in [0.15, 0.2) is 0 Å². The van der Waals surface area contributed by atoms with Gasteiger partial charge in [-0.15, -0.1) is 0 Å². The van der Waals surface area contributed by atoms with E-state index in [2.05, 4.69) is 11.9 Å². The van der Waals surface area contributed by atoms with E-state index in [9.17, 15) is 13.2 Å². The highest BCUT2D eigenvalue weighted by atomic mass is 32.2. The monoisotopic (exact) mass is 530 g/mol. The number of carboxylic acid groups (broad SMARTS) is 1. The van der Waals surface area contributed by atoms with Crippen molar-refractivity contribution in [3.05, 3.63) is 102 Å². The highest BCUT2D eigenvalue weighted by molar-refractivity contribution is 7.93. The lowest BCUT2D eigenvalue weighted by Gasteiger charge is -2.27. The molecule has 7 heteroatoms. The molecule has 0 amide bonds. The van der Waals surface area contributed by atoms with E-state index in [-0.39, 0.29) is 10.5 Å². The summed E-state index contributed by atoms with van der Waals surface area (Å²) in [7, 11) is -3.89. The summed E-state index contributed by atoms with van der Waals surface area (Å²) in [6, 6.07) is 23.5. The molecular formula is C31H34N2O4S. The summed E-state index contributed by atoms with van der Waals surface area (Å²) in [6.07, 6.45) is 7.98. The average Bonchev–Trinajstić information content (AvgIpc) is 2.94. The number of pyridine rings is 1. The molecule has 3 aromatic carbocycles. The lowest BCUT2D eigenvalue weighted by molar-refractivity contribution is 0.0697. The molecule has 0 atom stereocenters. The van der Waals surface area contributed by atoms with Crippen molar-refractivity contribution in [1.82, 2.24) is 4.98 Å². The highest BCUT2D eigenvalue weighted by Gasteiger charge is 2.28. The van der Waals surface area contributed by atoms with Gasteiger partial charge in [-0.3, -0.25) is 9.29 Å². The summed E-state index contributed by atoms with van der Waals surface area (Å²) in [5.41, 5.74) is 3.33. The number of anilines is 1. The molecule has 4 aromatic rings. The van der Waals surface area contributed by atoms with Crippen LogP contribution in [0.2, 0.25) is 0 Å². The van der Waals surface area contributed by atoms with Crippen LogP contribution in [-0.2, 0) is 22.9 Å². The number of sulfonamides is 1. The predicted molar refractivity (Wildman–Crippen MR) is 152 cm³/mol. The molecule has 0 radical (unpaired) electrons. The molecule has 0 spiro atoms. The molecule has 38 heavy (non-hydrogen) atoms. The van der Waals surface area contributed by atoms with E-state index in [1.807, 2.05) is 54.6 Å². The van der Waals surface area contributed by atoms with Crippen LogP contribution in [0.25, 0.3) is 10.9 Å². The number of hydrogen-bond acceptors (Lipinski definition) is 4. The fourth-order valence-corrected chi connectivity index (χ4v) is 6.40. The molecule has 198 valence electrons. The van der Waals surface area contributed by atoms with Gasteiger partial charge in [0.05, 0.1) is 16.8 Å². The zero-order valence-corrected chi connectivity index (χ0v) is 22.5. The van der Waals surface area contributed by atoms with E-state index in [0.717, 1.165) is 48.6 Å². The van der Waals surface area contributed by atoms with Gasteiger partial charge in [-0.05, 0) is 60.7 Å². The Morgan fingerprint density at radius 1 is 0.842 bits per heavy atom. The maximum Gasteiger partial charge on any atom is 0.335 e. The van der Waals surface area contributed by atoms with Crippen molar-refractivity contribution in [2.24, 2.45) is 0 Å². The molecule has 0 aliphatic rings. The third-order valence-electron chi connectivity index (χ3n) is 6.77. The second kappa shape index (κ2) is 12.7. The minimum atomic E-state index is -3.89. The Morgan fingerprint density at radius 3 is 2.34 bits per heavy atom. The summed E-state index contributed by atoms with van der Waals surface area (Å²) >= 11 is 0. The van der Waals surface area contributed by atoms with Crippen LogP contribution in [0.5, 0.6) is 0 Å². The Bertz CT molecular complexity index is 1480. The van der Waals surface area contributed by atoms with Crippen LogP contribution < -0.4 is 4.31 Å². The van der Waals surface area contributed by atoms with Crippen LogP contribution in [-0.4, -0.2) is 31.0 Å². The third kappa shape index (κ3) is 6.40. The maximum absolute atomic E-state index is 14.2. The predicted octanol–water partition coefficient (Wildman–Crippen LogP) is 6.88. The summed E-state index contributed by atoms with van der Waals surface area (Å²) < 4.78 is 30.0. The molecular weight excluding hydrogens is 496 g/mol. The Labute approximate surface area is 225 Å². The zero-order chi connectivity index (χ0) is 27.0. The van der Waals surface area contributed by atoms with E-state index in [1.54, 1.807) is 34.8 Å². The standard InChI is InChI=1S/C31H34N2O4S/c1-2-3-4-5-8-23-33(38(36,37)29-15-9-12-26-13-10-22-32-30(26)29)28-14-7-6-11-25(28)19-16-24-17-20-27(21-18-24)31(34)35/h6-7,9-15,17-18,20-22H,2-5,8,16,19,23H2,1H3,(H,34,35). The van der Waals surface area contributed by atoms with Gasteiger partial charge in [-0.25, -0.2) is 13.2 Å². The van der Waals surface area contributed by atoms with Crippen molar-refractivity contribution in [1.29, 1.82) is 0 Å². The number of nitrogens with zero attached hydrogens (tertiary/aromatic N) is 2. The highest BCUT2D eigenvalue weighted by Crippen LogP contribution is 2.31. The second-order valence-electron chi connectivity index (χ2n) is 9.45. The summed E-state index contributed by atoms with van der Waals surface area (Å²) in [6.45, 7) is 2.55. The first-order valence-corrected chi connectivity index (χ1v) is 14.6. The van der Waals surface area contributed by atoms with E-state index < -0.39 is 16.0 Å². The van der Waals surface area contributed by atoms with E-state index >= 15 is 0 Å². The fraction of sp³-hybridized carbons (Fsp3) is 0.290. The maximum atomic E-state index is 14.2. The number of rotatable bonds is 13. The lowest BCUT2D eigenvalue weighted by Crippen LogP contribution is -2.33. The minimum absolute atomic E-state index is 0.211. The smallest absolute Gasteiger partial charge is 0.335 e. The molecule has 0 unspecified atom stereocenters. The largest absolute Gasteiger partial charge is 0.478 e. The number of carboxylic acids is 1. The quantitative estimate of drug-likeness (QED) is 0.190. The molecule has 4 rings (SSSR count). The van der Waals surface area contributed by atoms with Gasteiger partial charge >= 0.3 is 5.97 Å². The Hall–Kier alpha value is -3.71. The number of carbonyl (C=O) groups is 1. The average molecular weight is 531 g/mol. The van der Waals surface area contributed by atoms with Gasteiger partial charge in [-0.1, -0.05) is 81.1 Å². The molecule has 0 aliphatic carbocycles. The normalized spacial score (nSPS) is 11.5. The first-order chi connectivity index (χ1) is 18.4. The number of aromatic carboxylic acids is 1. The van der Waals surface area contributed by atoms with Crippen LogP contribution in [0.15, 0.2) is 90.0 Å². The van der Waals surface area contributed by atoms with Crippen molar-refractivity contribution in [3.63, 3.8) is 0 Å². The minimum Gasteiger partial charge on any atom is -0.478 e. The van der Waals surface area contributed by atoms with Gasteiger partial charge < -0.3 is 5.11 Å². The third-order valence-corrected chi connectivity index (χ3v) is 8.62. The molecule has 6 nitrogen and oxygen atoms in total. The van der Waals surface area contributed by atoms with Crippen LogP contribution in [0, 0.1) is 0 Å². The number of aromatic nitrogens is 1. The Kier molecular flexibility index (Phi) is 9.13. The van der Waals surface area contributed by atoms with E-state index in [1.165, 1.54) is 0 Å². The number of aryl methyl sites for hydroxylation is 2. The number of para-hydroxylation sites is 2. The van der Waals surface area contributed by atoms with Gasteiger partial charge in [0.2, 0.25) is 0 Å². The summed E-state index contributed by atoms with van der Waals surface area (Å²) in [5, 5.41) is 9.96.